The predicted octanol–water partition coefficient (Wildman–Crippen LogP) is -0.0811. The molecule has 2 aliphatic heterocycles. The van der Waals surface area contributed by atoms with E-state index in [0.29, 0.717) is 4.90 Å². The SMILES string of the molecule is C=CCO[C@@H]1O[C@H](COC(C)=O)[C@@H](OC(C)=O)[C@H](OS(=O)(=O)[O-])[C@H]1N1C(=O)c2ccccc2C1=O. The summed E-state index contributed by atoms with van der Waals surface area (Å²) in [7, 11) is -5.49. The number of esters is 2. The molecule has 0 radical (unpaired) electrons. The molecule has 1 aromatic rings. The van der Waals surface area contributed by atoms with Crippen molar-refractivity contribution in [3.63, 3.8) is 0 Å². The monoisotopic (exact) mass is 512 g/mol. The fourth-order valence-electron chi connectivity index (χ4n) is 3.85. The largest absolute Gasteiger partial charge is 0.726 e. The Morgan fingerprint density at radius 2 is 1.71 bits per heavy atom. The lowest BCUT2D eigenvalue weighted by molar-refractivity contribution is -0.277. The number of hydrogen-bond donors (Lipinski definition) is 0. The van der Waals surface area contributed by atoms with Crippen LogP contribution in [-0.2, 0) is 43.1 Å². The molecule has 13 nitrogen and oxygen atoms in total. The van der Waals surface area contributed by atoms with Gasteiger partial charge < -0.3 is 23.5 Å². The van der Waals surface area contributed by atoms with Gasteiger partial charge in [0.15, 0.2) is 12.4 Å². The van der Waals surface area contributed by atoms with Crippen LogP contribution in [-0.4, -0.2) is 85.5 Å². The van der Waals surface area contributed by atoms with Crippen molar-refractivity contribution in [2.24, 2.45) is 0 Å². The molecule has 1 aromatic carbocycles. The summed E-state index contributed by atoms with van der Waals surface area (Å²) >= 11 is 0. The van der Waals surface area contributed by atoms with Gasteiger partial charge in [-0.2, -0.15) is 0 Å². The molecule has 2 amide bonds. The molecule has 2 heterocycles. The van der Waals surface area contributed by atoms with Crippen molar-refractivity contribution in [1.82, 2.24) is 4.90 Å². The average molecular weight is 512 g/mol. The molecule has 2 aliphatic rings. The van der Waals surface area contributed by atoms with E-state index in [1.54, 1.807) is 0 Å². The number of imide groups is 1. The van der Waals surface area contributed by atoms with Gasteiger partial charge in [0.2, 0.25) is 10.4 Å². The lowest BCUT2D eigenvalue weighted by atomic mass is 9.95. The highest BCUT2D eigenvalue weighted by molar-refractivity contribution is 7.80. The summed E-state index contributed by atoms with van der Waals surface area (Å²) in [6, 6.07) is 4.09. The van der Waals surface area contributed by atoms with E-state index in [9.17, 15) is 32.1 Å². The first-order valence-corrected chi connectivity index (χ1v) is 11.6. The molecule has 0 saturated carbocycles. The number of benzene rings is 1. The van der Waals surface area contributed by atoms with Gasteiger partial charge in [0.1, 0.15) is 24.9 Å². The quantitative estimate of drug-likeness (QED) is 0.142. The Labute approximate surface area is 200 Å². The smallest absolute Gasteiger partial charge is 0.303 e. The van der Waals surface area contributed by atoms with Crippen molar-refractivity contribution in [3.8, 4) is 0 Å². The maximum absolute atomic E-state index is 13.2. The minimum atomic E-state index is -5.49. The van der Waals surface area contributed by atoms with Crippen LogP contribution >= 0.6 is 0 Å². The van der Waals surface area contributed by atoms with Gasteiger partial charge >= 0.3 is 11.9 Å². The number of fused-ring (bicyclic) bond motifs is 1. The number of ether oxygens (including phenoxy) is 4. The van der Waals surface area contributed by atoms with E-state index < -0.39 is 71.4 Å². The van der Waals surface area contributed by atoms with Crippen LogP contribution in [0.25, 0.3) is 0 Å². The Balaban J connectivity index is 2.13. The van der Waals surface area contributed by atoms with Gasteiger partial charge in [0.05, 0.1) is 17.7 Å². The minimum Gasteiger partial charge on any atom is -0.726 e. The van der Waals surface area contributed by atoms with Crippen molar-refractivity contribution < 1.29 is 55.3 Å². The Morgan fingerprint density at radius 3 is 2.20 bits per heavy atom. The molecule has 35 heavy (non-hydrogen) atoms. The second kappa shape index (κ2) is 10.6. The first-order valence-electron chi connectivity index (χ1n) is 10.2. The fraction of sp³-hybridized carbons (Fsp3) is 0.429. The third kappa shape index (κ3) is 5.91. The van der Waals surface area contributed by atoms with Crippen molar-refractivity contribution in [1.29, 1.82) is 0 Å². The lowest BCUT2D eigenvalue weighted by Crippen LogP contribution is -2.67. The summed E-state index contributed by atoms with van der Waals surface area (Å²) in [6.07, 6.45) is -5.34. The first-order chi connectivity index (χ1) is 16.4. The van der Waals surface area contributed by atoms with E-state index in [1.165, 1.54) is 30.3 Å². The highest BCUT2D eigenvalue weighted by Crippen LogP contribution is 2.35. The topological polar surface area (TPSA) is 175 Å². The molecule has 0 N–H and O–H groups in total. The third-order valence-corrected chi connectivity index (χ3v) is 5.56. The maximum atomic E-state index is 13.2. The number of hydrogen-bond acceptors (Lipinski definition) is 12. The Morgan fingerprint density at radius 1 is 1.11 bits per heavy atom. The molecule has 0 aliphatic carbocycles. The van der Waals surface area contributed by atoms with Gasteiger partial charge in [-0.15, -0.1) is 6.58 Å². The second-order valence-corrected chi connectivity index (χ2v) is 8.54. The van der Waals surface area contributed by atoms with Crippen molar-refractivity contribution in [2.45, 2.75) is 44.5 Å². The molecule has 1 fully saturated rings. The van der Waals surface area contributed by atoms with E-state index in [1.807, 2.05) is 0 Å². The van der Waals surface area contributed by atoms with E-state index in [0.717, 1.165) is 13.8 Å². The lowest BCUT2D eigenvalue weighted by Gasteiger charge is -2.47. The second-order valence-electron chi connectivity index (χ2n) is 7.53. The van der Waals surface area contributed by atoms with Crippen molar-refractivity contribution >= 4 is 34.2 Å². The van der Waals surface area contributed by atoms with Gasteiger partial charge in [-0.05, 0) is 12.1 Å². The fourth-order valence-corrected chi connectivity index (χ4v) is 4.35. The van der Waals surface area contributed by atoms with Crippen LogP contribution < -0.4 is 0 Å². The third-order valence-electron chi connectivity index (χ3n) is 5.10. The highest BCUT2D eigenvalue weighted by Gasteiger charge is 2.57. The summed E-state index contributed by atoms with van der Waals surface area (Å²) < 4.78 is 61.2. The zero-order valence-corrected chi connectivity index (χ0v) is 19.5. The van der Waals surface area contributed by atoms with Crippen LogP contribution in [0, 0.1) is 0 Å². The minimum absolute atomic E-state index is 0.00905. The van der Waals surface area contributed by atoms with Crippen LogP contribution in [0.15, 0.2) is 36.9 Å². The summed E-state index contributed by atoms with van der Waals surface area (Å²) in [4.78, 5) is 50.2. The molecule has 1 saturated heterocycles. The van der Waals surface area contributed by atoms with E-state index >= 15 is 0 Å². The van der Waals surface area contributed by atoms with E-state index in [-0.39, 0.29) is 17.7 Å². The highest BCUT2D eigenvalue weighted by atomic mass is 32.3. The molecule has 14 heteroatoms. The molecule has 190 valence electrons. The summed E-state index contributed by atoms with van der Waals surface area (Å²) in [5, 5.41) is 0. The standard InChI is InChI=1S/C21H23NO12S/c1-4-9-30-21-16(22-19(25)13-7-5-6-8-14(13)20(22)26)18(34-35(27,28)29)17(32-12(3)24)15(33-21)10-31-11(2)23/h4-8,15-18,21H,1,9-10H2,2-3H3,(H,27,28,29)/p-1/t15-,16-,17-,18-,21-/m1/s1. The van der Waals surface area contributed by atoms with Crippen LogP contribution in [0.3, 0.4) is 0 Å². The summed E-state index contributed by atoms with van der Waals surface area (Å²) in [5.41, 5.74) is 0.0181. The number of amides is 2. The molecule has 0 unspecified atom stereocenters. The molecule has 0 bridgehead atoms. The summed E-state index contributed by atoms with van der Waals surface area (Å²) in [5.74, 6) is -3.36. The van der Waals surface area contributed by atoms with Crippen molar-refractivity contribution in [3.05, 3.63) is 48.0 Å². The van der Waals surface area contributed by atoms with Crippen LogP contribution in [0.1, 0.15) is 34.6 Å². The zero-order valence-electron chi connectivity index (χ0n) is 18.6. The normalized spacial score (nSPS) is 26.3. The van der Waals surface area contributed by atoms with Gasteiger partial charge in [-0.25, -0.2) is 8.42 Å². The van der Waals surface area contributed by atoms with Gasteiger partial charge in [-0.1, -0.05) is 18.2 Å². The molecular weight excluding hydrogens is 490 g/mol. The van der Waals surface area contributed by atoms with Crippen LogP contribution in [0.2, 0.25) is 0 Å². The Kier molecular flexibility index (Phi) is 8.02. The summed E-state index contributed by atoms with van der Waals surface area (Å²) in [6.45, 7) is 4.82. The molecule has 5 atom stereocenters. The molecular formula is C21H22NO12S-. The van der Waals surface area contributed by atoms with Crippen molar-refractivity contribution in [2.75, 3.05) is 13.2 Å². The molecule has 0 aromatic heterocycles. The molecule has 3 rings (SSSR count). The van der Waals surface area contributed by atoms with E-state index in [2.05, 4.69) is 6.58 Å². The number of carbonyl (C=O) groups excluding carboxylic acids is 4. The zero-order chi connectivity index (χ0) is 25.9. The molecule has 0 spiro atoms. The van der Waals surface area contributed by atoms with Crippen LogP contribution in [0.4, 0.5) is 0 Å². The van der Waals surface area contributed by atoms with Gasteiger partial charge in [-0.3, -0.25) is 28.3 Å². The van der Waals surface area contributed by atoms with Gasteiger partial charge in [0, 0.05) is 13.8 Å². The number of nitrogens with zero attached hydrogens (tertiary/aromatic N) is 1. The van der Waals surface area contributed by atoms with Crippen LogP contribution in [0.5, 0.6) is 0 Å². The number of rotatable bonds is 9. The Bertz CT molecular complexity index is 1100. The van der Waals surface area contributed by atoms with E-state index in [4.69, 9.17) is 23.1 Å². The Hall–Kier alpha value is -3.17. The number of carbonyl (C=O) groups is 4. The predicted molar refractivity (Wildman–Crippen MR) is 112 cm³/mol. The maximum Gasteiger partial charge on any atom is 0.303 e. The first kappa shape index (κ1) is 26.4. The average Bonchev–Trinajstić information content (AvgIpc) is 3.01. The van der Waals surface area contributed by atoms with Gasteiger partial charge in [0.25, 0.3) is 11.8 Å².